The normalized spacial score (nSPS) is 32.2. The number of piperidine rings is 3. The zero-order chi connectivity index (χ0) is 14.0. The Labute approximate surface area is 129 Å². The summed E-state index contributed by atoms with van der Waals surface area (Å²) in [4.78, 5) is 2.47. The van der Waals surface area contributed by atoms with E-state index in [0.29, 0.717) is 17.8 Å². The molecule has 19 heavy (non-hydrogen) atoms. The maximum absolute atomic E-state index is 10.2. The van der Waals surface area contributed by atoms with Gasteiger partial charge in [0.1, 0.15) is 12.0 Å². The van der Waals surface area contributed by atoms with Gasteiger partial charge in [-0.15, -0.1) is 0 Å². The molecular formula is C13H23IN4O. The summed E-state index contributed by atoms with van der Waals surface area (Å²) < 4.78 is 1.69. The van der Waals surface area contributed by atoms with Gasteiger partial charge in [-0.2, -0.15) is 0 Å². The van der Waals surface area contributed by atoms with Crippen molar-refractivity contribution < 1.29 is 5.11 Å². The molecule has 5 nitrogen and oxygen atoms in total. The van der Waals surface area contributed by atoms with Crippen molar-refractivity contribution in [2.75, 3.05) is 19.6 Å². The van der Waals surface area contributed by atoms with Gasteiger partial charge in [-0.1, -0.05) is 6.58 Å². The Kier molecular flexibility index (Phi) is 5.10. The Morgan fingerprint density at radius 2 is 2.21 bits per heavy atom. The molecule has 0 aromatic heterocycles. The summed E-state index contributed by atoms with van der Waals surface area (Å²) in [6.07, 6.45) is 3.67. The van der Waals surface area contributed by atoms with Crippen molar-refractivity contribution in [1.82, 2.24) is 13.3 Å². The van der Waals surface area contributed by atoms with Crippen LogP contribution in [0, 0.1) is 5.92 Å². The third-order valence-electron chi connectivity index (χ3n) is 4.05. The van der Waals surface area contributed by atoms with E-state index in [4.69, 9.17) is 5.73 Å². The summed E-state index contributed by atoms with van der Waals surface area (Å²) in [5.41, 5.74) is 6.43. The SMILES string of the molecule is C=C(N)N(I)/C=C(\C)C(O)N[C@H]1CN2CCC1CC2. The number of rotatable bonds is 5. The van der Waals surface area contributed by atoms with Crippen LogP contribution in [0.3, 0.4) is 0 Å². The van der Waals surface area contributed by atoms with Gasteiger partial charge in [0.05, 0.1) is 22.9 Å². The van der Waals surface area contributed by atoms with Gasteiger partial charge in [-0.25, -0.2) is 0 Å². The third-order valence-corrected chi connectivity index (χ3v) is 4.95. The summed E-state index contributed by atoms with van der Waals surface area (Å²) in [6.45, 7) is 9.02. The molecule has 6 heteroatoms. The molecule has 0 radical (unpaired) electrons. The highest BCUT2D eigenvalue weighted by molar-refractivity contribution is 14.1. The number of hydrogen-bond donors (Lipinski definition) is 3. The molecule has 3 heterocycles. The van der Waals surface area contributed by atoms with Gasteiger partial charge in [-0.05, 0) is 44.3 Å². The summed E-state index contributed by atoms with van der Waals surface area (Å²) >= 11 is 2.05. The first-order valence-electron chi connectivity index (χ1n) is 6.71. The molecule has 0 amide bonds. The second-order valence-electron chi connectivity index (χ2n) is 5.49. The Morgan fingerprint density at radius 3 is 2.68 bits per heavy atom. The van der Waals surface area contributed by atoms with Crippen molar-refractivity contribution in [3.05, 3.63) is 24.2 Å². The average Bonchev–Trinajstić information content (AvgIpc) is 2.39. The smallest absolute Gasteiger partial charge is 0.128 e. The van der Waals surface area contributed by atoms with E-state index >= 15 is 0 Å². The zero-order valence-electron chi connectivity index (χ0n) is 11.3. The summed E-state index contributed by atoms with van der Waals surface area (Å²) in [5.74, 6) is 1.16. The molecule has 1 unspecified atom stereocenters. The topological polar surface area (TPSA) is 64.8 Å². The number of nitrogens with two attached hydrogens (primary N) is 1. The first-order valence-corrected chi connectivity index (χ1v) is 7.68. The highest BCUT2D eigenvalue weighted by Crippen LogP contribution is 2.28. The Balaban J connectivity index is 1.90. The lowest BCUT2D eigenvalue weighted by atomic mass is 9.84. The van der Waals surface area contributed by atoms with E-state index in [9.17, 15) is 5.11 Å². The van der Waals surface area contributed by atoms with E-state index in [1.807, 2.05) is 13.1 Å². The lowest BCUT2D eigenvalue weighted by Gasteiger charge is -2.45. The predicted octanol–water partition coefficient (Wildman–Crippen LogP) is 0.974. The Morgan fingerprint density at radius 1 is 1.58 bits per heavy atom. The van der Waals surface area contributed by atoms with Crippen LogP contribution in [0.1, 0.15) is 19.8 Å². The molecule has 3 aliphatic heterocycles. The maximum Gasteiger partial charge on any atom is 0.128 e. The summed E-state index contributed by atoms with van der Waals surface area (Å²) in [7, 11) is 0. The van der Waals surface area contributed by atoms with Crippen LogP contribution in [0.25, 0.3) is 0 Å². The van der Waals surface area contributed by atoms with Gasteiger partial charge >= 0.3 is 0 Å². The molecule has 0 saturated carbocycles. The van der Waals surface area contributed by atoms with E-state index in [-0.39, 0.29) is 0 Å². The van der Waals surface area contributed by atoms with Crippen LogP contribution >= 0.6 is 22.9 Å². The van der Waals surface area contributed by atoms with E-state index in [1.54, 1.807) is 3.11 Å². The number of hydrogen-bond acceptors (Lipinski definition) is 5. The van der Waals surface area contributed by atoms with Crippen LogP contribution in [0.5, 0.6) is 0 Å². The molecule has 3 saturated heterocycles. The highest BCUT2D eigenvalue weighted by atomic mass is 127. The molecule has 108 valence electrons. The fraction of sp³-hybridized carbons (Fsp3) is 0.692. The van der Waals surface area contributed by atoms with Crippen LogP contribution in [-0.4, -0.2) is 45.0 Å². The predicted molar refractivity (Wildman–Crippen MR) is 85.0 cm³/mol. The van der Waals surface area contributed by atoms with Crippen molar-refractivity contribution in [1.29, 1.82) is 0 Å². The number of fused-ring (bicyclic) bond motifs is 3. The minimum Gasteiger partial charge on any atom is -0.385 e. The quantitative estimate of drug-likeness (QED) is 0.378. The molecule has 3 rings (SSSR count). The first-order chi connectivity index (χ1) is 8.97. The molecule has 0 aliphatic carbocycles. The minimum atomic E-state index is -0.623. The Bertz CT molecular complexity index is 366. The third kappa shape index (κ3) is 3.84. The lowest BCUT2D eigenvalue weighted by molar-refractivity contribution is 0.0417. The van der Waals surface area contributed by atoms with E-state index in [1.165, 1.54) is 25.9 Å². The van der Waals surface area contributed by atoms with E-state index in [2.05, 4.69) is 39.7 Å². The average molecular weight is 378 g/mol. The fourth-order valence-corrected chi connectivity index (χ4v) is 3.26. The number of aliphatic hydroxyl groups is 1. The lowest BCUT2D eigenvalue weighted by Crippen LogP contribution is -2.58. The molecule has 2 atom stereocenters. The molecule has 3 aliphatic rings. The van der Waals surface area contributed by atoms with Crippen molar-refractivity contribution in [3.8, 4) is 0 Å². The molecule has 0 aromatic carbocycles. The number of aliphatic hydroxyl groups excluding tert-OH is 1. The van der Waals surface area contributed by atoms with Crippen LogP contribution in [-0.2, 0) is 0 Å². The van der Waals surface area contributed by atoms with Gasteiger partial charge < -0.3 is 15.7 Å². The van der Waals surface area contributed by atoms with Crippen molar-refractivity contribution >= 4 is 22.9 Å². The van der Waals surface area contributed by atoms with Crippen LogP contribution < -0.4 is 11.1 Å². The molecule has 4 N–H and O–H groups in total. The van der Waals surface area contributed by atoms with E-state index < -0.39 is 6.23 Å². The van der Waals surface area contributed by atoms with E-state index in [0.717, 1.165) is 12.1 Å². The maximum atomic E-state index is 10.2. The van der Waals surface area contributed by atoms with Gasteiger partial charge in [0, 0.05) is 18.8 Å². The van der Waals surface area contributed by atoms with Gasteiger partial charge in [0.25, 0.3) is 0 Å². The van der Waals surface area contributed by atoms with Crippen LogP contribution in [0.4, 0.5) is 0 Å². The minimum absolute atomic E-state index is 0.393. The van der Waals surface area contributed by atoms with Crippen LogP contribution in [0.15, 0.2) is 24.2 Å². The summed E-state index contributed by atoms with van der Waals surface area (Å²) in [6, 6.07) is 0.393. The van der Waals surface area contributed by atoms with Crippen molar-refractivity contribution in [2.24, 2.45) is 11.7 Å². The first kappa shape index (κ1) is 15.1. The fourth-order valence-electron chi connectivity index (χ4n) is 2.82. The molecule has 2 bridgehead atoms. The van der Waals surface area contributed by atoms with Gasteiger partial charge in [0.2, 0.25) is 0 Å². The monoisotopic (exact) mass is 378 g/mol. The molecule has 3 fully saturated rings. The summed E-state index contributed by atoms with van der Waals surface area (Å²) in [5, 5.41) is 13.6. The standard InChI is InChI=1S/C13H23IN4O/c1-9(7-18(14)10(2)15)13(19)16-12-8-17-5-3-11(12)4-6-17/h7,11-13,16,19H,2-6,8,15H2,1H3/b9-7+/t12-,13?/m0/s1. The Hall–Kier alpha value is -0.310. The van der Waals surface area contributed by atoms with Gasteiger partial charge in [0.15, 0.2) is 0 Å². The highest BCUT2D eigenvalue weighted by Gasteiger charge is 2.34. The number of nitrogens with one attached hydrogen (secondary N) is 1. The van der Waals surface area contributed by atoms with Crippen molar-refractivity contribution in [3.63, 3.8) is 0 Å². The molecule has 0 spiro atoms. The zero-order valence-corrected chi connectivity index (χ0v) is 13.5. The molecular weight excluding hydrogens is 355 g/mol. The second kappa shape index (κ2) is 6.43. The van der Waals surface area contributed by atoms with Crippen LogP contribution in [0.2, 0.25) is 0 Å². The van der Waals surface area contributed by atoms with Crippen molar-refractivity contribution in [2.45, 2.75) is 32.0 Å². The largest absolute Gasteiger partial charge is 0.385 e. The second-order valence-corrected chi connectivity index (χ2v) is 6.53. The number of halogens is 1. The molecule has 0 aromatic rings. The number of nitrogens with zero attached hydrogens (tertiary/aromatic N) is 2. The van der Waals surface area contributed by atoms with Gasteiger partial charge in [-0.3, -0.25) is 8.43 Å².